The van der Waals surface area contributed by atoms with Crippen molar-refractivity contribution in [2.24, 2.45) is 0 Å². The standard InChI is InChI=1S/C12H14F3NO.ClH/c13-12(14,15)10-3-1-9(2-4-10)11(17)5-7-16-8-6-11;/h1-4,16-17H,5-8H2;1H. The predicted octanol–water partition coefficient (Wildman–Crippen LogP) is 2.70. The van der Waals surface area contributed by atoms with Crippen molar-refractivity contribution in [3.63, 3.8) is 0 Å². The van der Waals surface area contributed by atoms with Gasteiger partial charge >= 0.3 is 6.18 Å². The number of alkyl halides is 3. The summed E-state index contributed by atoms with van der Waals surface area (Å²) in [5.74, 6) is 0. The largest absolute Gasteiger partial charge is 0.416 e. The molecular weight excluding hydrogens is 267 g/mol. The third kappa shape index (κ3) is 3.16. The maximum Gasteiger partial charge on any atom is 0.416 e. The fraction of sp³-hybridized carbons (Fsp3) is 0.500. The Morgan fingerprint density at radius 3 is 2.00 bits per heavy atom. The Balaban J connectivity index is 0.00000162. The van der Waals surface area contributed by atoms with E-state index in [9.17, 15) is 18.3 Å². The van der Waals surface area contributed by atoms with Crippen LogP contribution in [0.15, 0.2) is 24.3 Å². The summed E-state index contributed by atoms with van der Waals surface area (Å²) in [6, 6.07) is 4.78. The molecule has 1 heterocycles. The lowest BCUT2D eigenvalue weighted by atomic mass is 9.85. The van der Waals surface area contributed by atoms with Gasteiger partial charge in [0.25, 0.3) is 0 Å². The molecule has 0 saturated carbocycles. The molecule has 0 aromatic heterocycles. The summed E-state index contributed by atoms with van der Waals surface area (Å²) in [4.78, 5) is 0. The first kappa shape index (κ1) is 15.3. The number of hydrogen-bond donors (Lipinski definition) is 2. The van der Waals surface area contributed by atoms with Gasteiger partial charge in [0.2, 0.25) is 0 Å². The first-order valence-electron chi connectivity index (χ1n) is 5.53. The molecule has 1 saturated heterocycles. The highest BCUT2D eigenvalue weighted by atomic mass is 35.5. The normalized spacial score (nSPS) is 19.1. The van der Waals surface area contributed by atoms with Gasteiger partial charge in [-0.05, 0) is 43.6 Å². The van der Waals surface area contributed by atoms with Gasteiger partial charge in [-0.15, -0.1) is 12.4 Å². The zero-order valence-electron chi connectivity index (χ0n) is 9.63. The highest BCUT2D eigenvalue weighted by molar-refractivity contribution is 5.85. The maximum absolute atomic E-state index is 12.4. The lowest BCUT2D eigenvalue weighted by molar-refractivity contribution is -0.137. The van der Waals surface area contributed by atoms with E-state index in [0.29, 0.717) is 31.5 Å². The van der Waals surface area contributed by atoms with Crippen molar-refractivity contribution in [1.29, 1.82) is 0 Å². The summed E-state index contributed by atoms with van der Waals surface area (Å²) in [6.45, 7) is 1.36. The minimum Gasteiger partial charge on any atom is -0.385 e. The zero-order chi connectivity index (χ0) is 12.5. The van der Waals surface area contributed by atoms with Crippen LogP contribution >= 0.6 is 12.4 Å². The molecule has 0 atom stereocenters. The van der Waals surface area contributed by atoms with E-state index in [2.05, 4.69) is 5.32 Å². The minimum atomic E-state index is -4.32. The van der Waals surface area contributed by atoms with E-state index < -0.39 is 17.3 Å². The van der Waals surface area contributed by atoms with Crippen LogP contribution in [0, 0.1) is 0 Å². The van der Waals surface area contributed by atoms with E-state index in [4.69, 9.17) is 0 Å². The van der Waals surface area contributed by atoms with Crippen molar-refractivity contribution in [1.82, 2.24) is 5.32 Å². The summed E-state index contributed by atoms with van der Waals surface area (Å²) in [5, 5.41) is 13.4. The van der Waals surface area contributed by atoms with Gasteiger partial charge in [0.15, 0.2) is 0 Å². The summed E-state index contributed by atoms with van der Waals surface area (Å²) in [6.07, 6.45) is -3.27. The minimum absolute atomic E-state index is 0. The molecule has 2 rings (SSSR count). The van der Waals surface area contributed by atoms with Crippen molar-refractivity contribution in [3.05, 3.63) is 35.4 Å². The number of piperidine rings is 1. The number of nitrogens with one attached hydrogen (secondary N) is 1. The topological polar surface area (TPSA) is 32.3 Å². The Morgan fingerprint density at radius 2 is 1.56 bits per heavy atom. The first-order chi connectivity index (χ1) is 7.92. The fourth-order valence-electron chi connectivity index (χ4n) is 2.10. The molecule has 102 valence electrons. The molecule has 0 bridgehead atoms. The molecular formula is C12H15ClF3NO. The smallest absolute Gasteiger partial charge is 0.385 e. The van der Waals surface area contributed by atoms with Crippen LogP contribution in [-0.4, -0.2) is 18.2 Å². The van der Waals surface area contributed by atoms with Gasteiger partial charge < -0.3 is 10.4 Å². The Bertz CT molecular complexity index is 385. The highest BCUT2D eigenvalue weighted by Gasteiger charge is 2.33. The molecule has 0 radical (unpaired) electrons. The zero-order valence-corrected chi connectivity index (χ0v) is 10.4. The van der Waals surface area contributed by atoms with Crippen molar-refractivity contribution in [2.75, 3.05) is 13.1 Å². The second kappa shape index (κ2) is 5.47. The molecule has 1 aliphatic rings. The molecule has 0 spiro atoms. The third-order valence-corrected chi connectivity index (χ3v) is 3.18. The second-order valence-electron chi connectivity index (χ2n) is 4.36. The van der Waals surface area contributed by atoms with Crippen LogP contribution in [0.2, 0.25) is 0 Å². The van der Waals surface area contributed by atoms with Gasteiger partial charge in [-0.2, -0.15) is 13.2 Å². The van der Waals surface area contributed by atoms with Crippen molar-refractivity contribution < 1.29 is 18.3 Å². The summed E-state index contributed by atoms with van der Waals surface area (Å²) in [5.41, 5.74) is -1.11. The van der Waals surface area contributed by atoms with Crippen molar-refractivity contribution >= 4 is 12.4 Å². The van der Waals surface area contributed by atoms with Crippen LogP contribution < -0.4 is 5.32 Å². The monoisotopic (exact) mass is 281 g/mol. The molecule has 2 nitrogen and oxygen atoms in total. The van der Waals surface area contributed by atoms with Gasteiger partial charge in [0.05, 0.1) is 11.2 Å². The average Bonchev–Trinajstić information content (AvgIpc) is 2.29. The molecule has 0 unspecified atom stereocenters. The lowest BCUT2D eigenvalue weighted by Gasteiger charge is -2.33. The van der Waals surface area contributed by atoms with E-state index in [0.717, 1.165) is 12.1 Å². The predicted molar refractivity (Wildman–Crippen MR) is 64.7 cm³/mol. The fourth-order valence-corrected chi connectivity index (χ4v) is 2.10. The Kier molecular flexibility index (Phi) is 4.64. The molecule has 1 aromatic rings. The number of halogens is 4. The average molecular weight is 282 g/mol. The maximum atomic E-state index is 12.4. The molecule has 0 amide bonds. The third-order valence-electron chi connectivity index (χ3n) is 3.18. The van der Waals surface area contributed by atoms with Crippen LogP contribution in [0.4, 0.5) is 13.2 Å². The number of rotatable bonds is 1. The van der Waals surface area contributed by atoms with Crippen molar-refractivity contribution in [2.45, 2.75) is 24.6 Å². The van der Waals surface area contributed by atoms with Gasteiger partial charge in [-0.3, -0.25) is 0 Å². The van der Waals surface area contributed by atoms with Crippen LogP contribution in [0.3, 0.4) is 0 Å². The van der Waals surface area contributed by atoms with Gasteiger partial charge in [0, 0.05) is 0 Å². The van der Waals surface area contributed by atoms with E-state index in [1.807, 2.05) is 0 Å². The lowest BCUT2D eigenvalue weighted by Crippen LogP contribution is -2.39. The van der Waals surface area contributed by atoms with Crippen LogP contribution in [0.25, 0.3) is 0 Å². The molecule has 2 N–H and O–H groups in total. The Labute approximate surface area is 110 Å². The van der Waals surface area contributed by atoms with E-state index in [-0.39, 0.29) is 12.4 Å². The van der Waals surface area contributed by atoms with Gasteiger partial charge in [0.1, 0.15) is 0 Å². The molecule has 1 fully saturated rings. The SMILES string of the molecule is Cl.OC1(c2ccc(C(F)(F)F)cc2)CCNCC1. The van der Waals surface area contributed by atoms with Crippen LogP contribution in [0.5, 0.6) is 0 Å². The van der Waals surface area contributed by atoms with Crippen molar-refractivity contribution in [3.8, 4) is 0 Å². The molecule has 6 heteroatoms. The molecule has 18 heavy (non-hydrogen) atoms. The Morgan fingerprint density at radius 1 is 1.06 bits per heavy atom. The van der Waals surface area contributed by atoms with Crippen LogP contribution in [-0.2, 0) is 11.8 Å². The van der Waals surface area contributed by atoms with E-state index >= 15 is 0 Å². The molecule has 1 aromatic carbocycles. The van der Waals surface area contributed by atoms with E-state index in [1.54, 1.807) is 0 Å². The van der Waals surface area contributed by atoms with E-state index in [1.165, 1.54) is 12.1 Å². The summed E-state index contributed by atoms with van der Waals surface area (Å²) >= 11 is 0. The summed E-state index contributed by atoms with van der Waals surface area (Å²) < 4.78 is 37.2. The number of benzene rings is 1. The van der Waals surface area contributed by atoms with Gasteiger partial charge in [-0.25, -0.2) is 0 Å². The number of aliphatic hydroxyl groups is 1. The second-order valence-corrected chi connectivity index (χ2v) is 4.36. The number of hydrogen-bond acceptors (Lipinski definition) is 2. The van der Waals surface area contributed by atoms with Crippen LogP contribution in [0.1, 0.15) is 24.0 Å². The molecule has 0 aliphatic carbocycles. The first-order valence-corrected chi connectivity index (χ1v) is 5.53. The van der Waals surface area contributed by atoms with Gasteiger partial charge in [-0.1, -0.05) is 12.1 Å². The highest BCUT2D eigenvalue weighted by Crippen LogP contribution is 2.34. The Hall–Kier alpha value is -0.780. The quantitative estimate of drug-likeness (QED) is 0.829. The summed E-state index contributed by atoms with van der Waals surface area (Å²) in [7, 11) is 0. The molecule has 1 aliphatic heterocycles.